The Kier molecular flexibility index (Phi) is 6.13. The molecular weight excluding hydrogens is 294 g/mol. The zero-order valence-electron chi connectivity index (χ0n) is 13.9. The Balaban J connectivity index is 1.44. The van der Waals surface area contributed by atoms with Crippen molar-refractivity contribution < 1.29 is 18.9 Å². The molecule has 0 spiro atoms. The molecule has 0 bridgehead atoms. The molecular formula is C18H27NO4. The maximum absolute atomic E-state index is 5.81. The summed E-state index contributed by atoms with van der Waals surface area (Å²) in [6, 6.07) is 6.72. The summed E-state index contributed by atoms with van der Waals surface area (Å²) in [5.74, 6) is 1.65. The summed E-state index contributed by atoms with van der Waals surface area (Å²) in [5, 5.41) is 3.51. The van der Waals surface area contributed by atoms with Gasteiger partial charge < -0.3 is 24.3 Å². The van der Waals surface area contributed by atoms with E-state index in [2.05, 4.69) is 17.4 Å². The molecule has 3 rings (SSSR count). The van der Waals surface area contributed by atoms with E-state index < -0.39 is 0 Å². The number of nitrogens with one attached hydrogen (secondary N) is 1. The first-order valence-corrected chi connectivity index (χ1v) is 8.61. The first-order valence-electron chi connectivity index (χ1n) is 8.61. The second-order valence-corrected chi connectivity index (χ2v) is 6.19. The van der Waals surface area contributed by atoms with Gasteiger partial charge in [-0.1, -0.05) is 0 Å². The molecule has 0 amide bonds. The molecule has 1 saturated carbocycles. The van der Waals surface area contributed by atoms with Crippen LogP contribution in [0.1, 0.15) is 37.7 Å². The molecule has 5 nitrogen and oxygen atoms in total. The second-order valence-electron chi connectivity index (χ2n) is 6.19. The largest absolute Gasteiger partial charge is 0.497 e. The maximum Gasteiger partial charge on any atom is 0.157 e. The highest BCUT2D eigenvalue weighted by Crippen LogP contribution is 2.24. The van der Waals surface area contributed by atoms with E-state index in [4.69, 9.17) is 18.9 Å². The van der Waals surface area contributed by atoms with Gasteiger partial charge in [-0.05, 0) is 49.8 Å². The summed E-state index contributed by atoms with van der Waals surface area (Å²) in [6.07, 6.45) is 5.81. The van der Waals surface area contributed by atoms with Gasteiger partial charge >= 0.3 is 0 Å². The van der Waals surface area contributed by atoms with Gasteiger partial charge in [0.05, 0.1) is 13.7 Å². The highest BCUT2D eigenvalue weighted by molar-refractivity contribution is 5.38. The van der Waals surface area contributed by atoms with Gasteiger partial charge in [0, 0.05) is 25.3 Å². The van der Waals surface area contributed by atoms with Crippen molar-refractivity contribution in [1.82, 2.24) is 5.32 Å². The average Bonchev–Trinajstić information content (AvgIpc) is 3.42. The van der Waals surface area contributed by atoms with Crippen molar-refractivity contribution in [2.75, 3.05) is 26.9 Å². The maximum atomic E-state index is 5.81. The molecule has 0 radical (unpaired) electrons. The van der Waals surface area contributed by atoms with Gasteiger partial charge in [-0.2, -0.15) is 0 Å². The lowest BCUT2D eigenvalue weighted by molar-refractivity contribution is -0.165. The molecule has 1 N–H and O–H groups in total. The van der Waals surface area contributed by atoms with Crippen molar-refractivity contribution in [2.24, 2.45) is 0 Å². The average molecular weight is 321 g/mol. The zero-order chi connectivity index (χ0) is 15.9. The van der Waals surface area contributed by atoms with Crippen LogP contribution in [-0.2, 0) is 16.0 Å². The monoisotopic (exact) mass is 321 g/mol. The SMILES string of the molecule is COc1cc(CNC2CC2)cc(OCCOC2CCCCO2)c1. The van der Waals surface area contributed by atoms with E-state index in [1.54, 1.807) is 7.11 Å². The molecule has 23 heavy (non-hydrogen) atoms. The molecule has 1 heterocycles. The van der Waals surface area contributed by atoms with Gasteiger partial charge in [-0.15, -0.1) is 0 Å². The quantitative estimate of drug-likeness (QED) is 0.709. The van der Waals surface area contributed by atoms with Crippen LogP contribution in [0.2, 0.25) is 0 Å². The van der Waals surface area contributed by atoms with Crippen molar-refractivity contribution >= 4 is 0 Å². The summed E-state index contributed by atoms with van der Waals surface area (Å²) >= 11 is 0. The van der Waals surface area contributed by atoms with Crippen LogP contribution in [0.25, 0.3) is 0 Å². The van der Waals surface area contributed by atoms with Crippen molar-refractivity contribution in [3.8, 4) is 11.5 Å². The molecule has 1 saturated heterocycles. The van der Waals surface area contributed by atoms with E-state index in [9.17, 15) is 0 Å². The van der Waals surface area contributed by atoms with Crippen LogP contribution < -0.4 is 14.8 Å². The van der Waals surface area contributed by atoms with Crippen molar-refractivity contribution in [3.63, 3.8) is 0 Å². The molecule has 1 aromatic carbocycles. The number of benzene rings is 1. The third kappa shape index (κ3) is 5.68. The molecule has 1 aliphatic heterocycles. The Morgan fingerprint density at radius 1 is 1.09 bits per heavy atom. The minimum atomic E-state index is -0.0593. The number of rotatable bonds is 9. The van der Waals surface area contributed by atoms with Crippen molar-refractivity contribution in [2.45, 2.75) is 51.0 Å². The molecule has 5 heteroatoms. The van der Waals surface area contributed by atoms with Gasteiger partial charge in [0.25, 0.3) is 0 Å². The Morgan fingerprint density at radius 2 is 1.96 bits per heavy atom. The molecule has 1 aliphatic carbocycles. The van der Waals surface area contributed by atoms with Crippen LogP contribution in [0.4, 0.5) is 0 Å². The Hall–Kier alpha value is -1.30. The lowest BCUT2D eigenvalue weighted by atomic mass is 10.2. The smallest absolute Gasteiger partial charge is 0.157 e. The van der Waals surface area contributed by atoms with E-state index in [1.165, 1.54) is 24.8 Å². The zero-order valence-corrected chi connectivity index (χ0v) is 13.9. The summed E-state index contributed by atoms with van der Waals surface area (Å²) in [6.45, 7) is 2.71. The highest BCUT2D eigenvalue weighted by atomic mass is 16.7. The number of ether oxygens (including phenoxy) is 4. The van der Waals surface area contributed by atoms with Crippen LogP contribution in [0, 0.1) is 0 Å². The molecule has 0 aromatic heterocycles. The number of hydrogen-bond acceptors (Lipinski definition) is 5. The van der Waals surface area contributed by atoms with E-state index in [0.29, 0.717) is 19.3 Å². The topological polar surface area (TPSA) is 49.0 Å². The molecule has 2 aliphatic rings. The van der Waals surface area contributed by atoms with Gasteiger partial charge in [0.1, 0.15) is 18.1 Å². The number of hydrogen-bond donors (Lipinski definition) is 1. The summed E-state index contributed by atoms with van der Waals surface area (Å²) in [7, 11) is 1.68. The van der Waals surface area contributed by atoms with Crippen LogP contribution in [0.15, 0.2) is 18.2 Å². The third-order valence-corrected chi connectivity index (χ3v) is 4.14. The van der Waals surface area contributed by atoms with Crippen LogP contribution in [-0.4, -0.2) is 39.3 Å². The van der Waals surface area contributed by atoms with Crippen LogP contribution >= 0.6 is 0 Å². The van der Waals surface area contributed by atoms with E-state index in [0.717, 1.165) is 37.5 Å². The van der Waals surface area contributed by atoms with E-state index in [-0.39, 0.29) is 6.29 Å². The summed E-state index contributed by atoms with van der Waals surface area (Å²) in [5.41, 5.74) is 1.18. The fourth-order valence-electron chi connectivity index (χ4n) is 2.67. The second kappa shape index (κ2) is 8.52. The molecule has 128 valence electrons. The Labute approximate surface area is 138 Å². The third-order valence-electron chi connectivity index (χ3n) is 4.14. The lowest BCUT2D eigenvalue weighted by Crippen LogP contribution is -2.24. The predicted octanol–water partition coefficient (Wildman–Crippen LogP) is 2.87. The van der Waals surface area contributed by atoms with Crippen LogP contribution in [0.5, 0.6) is 11.5 Å². The number of methoxy groups -OCH3 is 1. The Morgan fingerprint density at radius 3 is 2.70 bits per heavy atom. The minimum Gasteiger partial charge on any atom is -0.497 e. The van der Waals surface area contributed by atoms with Crippen LogP contribution in [0.3, 0.4) is 0 Å². The van der Waals surface area contributed by atoms with E-state index in [1.807, 2.05) is 6.07 Å². The predicted molar refractivity (Wildman–Crippen MR) is 87.9 cm³/mol. The van der Waals surface area contributed by atoms with Crippen molar-refractivity contribution in [3.05, 3.63) is 23.8 Å². The highest BCUT2D eigenvalue weighted by Gasteiger charge is 2.20. The first-order chi connectivity index (χ1) is 11.3. The fourth-order valence-corrected chi connectivity index (χ4v) is 2.67. The van der Waals surface area contributed by atoms with Gasteiger partial charge in [0.2, 0.25) is 0 Å². The molecule has 1 unspecified atom stereocenters. The first kappa shape index (κ1) is 16.6. The lowest BCUT2D eigenvalue weighted by Gasteiger charge is -2.22. The molecule has 1 atom stereocenters. The standard InChI is InChI=1S/C18H27NO4/c1-20-16-10-14(13-19-15-5-6-15)11-17(12-16)21-8-9-23-18-4-2-3-7-22-18/h10-12,15,18-19H,2-9,13H2,1H3. The molecule has 2 fully saturated rings. The van der Waals surface area contributed by atoms with E-state index >= 15 is 0 Å². The van der Waals surface area contributed by atoms with Gasteiger partial charge in [0.15, 0.2) is 6.29 Å². The summed E-state index contributed by atoms with van der Waals surface area (Å²) < 4.78 is 22.4. The van der Waals surface area contributed by atoms with Gasteiger partial charge in [-0.25, -0.2) is 0 Å². The normalized spacial score (nSPS) is 21.2. The molecule has 1 aromatic rings. The summed E-state index contributed by atoms with van der Waals surface area (Å²) in [4.78, 5) is 0. The van der Waals surface area contributed by atoms with Crippen molar-refractivity contribution in [1.29, 1.82) is 0 Å². The minimum absolute atomic E-state index is 0.0593. The fraction of sp³-hybridized carbons (Fsp3) is 0.667. The Bertz CT molecular complexity index is 484. The van der Waals surface area contributed by atoms with Gasteiger partial charge in [-0.3, -0.25) is 0 Å².